The fraction of sp³-hybridized carbons (Fsp3) is 0.226. The van der Waals surface area contributed by atoms with E-state index >= 15 is 4.39 Å². The number of nitrogens with one attached hydrogen (secondary N) is 3. The Balaban J connectivity index is 1.28. The highest BCUT2D eigenvalue weighted by Crippen LogP contribution is 2.40. The molecule has 0 amide bonds. The van der Waals surface area contributed by atoms with Gasteiger partial charge in [-0.15, -0.1) is 0 Å². The van der Waals surface area contributed by atoms with Crippen LogP contribution in [0.5, 0.6) is 11.6 Å². The van der Waals surface area contributed by atoms with E-state index in [0.29, 0.717) is 65.2 Å². The van der Waals surface area contributed by atoms with Gasteiger partial charge in [0.05, 0.1) is 16.9 Å². The number of ether oxygens (including phenoxy) is 1. The van der Waals surface area contributed by atoms with E-state index in [2.05, 4.69) is 35.3 Å². The van der Waals surface area contributed by atoms with Crippen LogP contribution in [0.4, 0.5) is 20.4 Å². The summed E-state index contributed by atoms with van der Waals surface area (Å²) in [5.41, 5.74) is 3.49. The Morgan fingerprint density at radius 3 is 2.74 bits per heavy atom. The van der Waals surface area contributed by atoms with Crippen molar-refractivity contribution >= 4 is 34.4 Å². The molecule has 0 radical (unpaired) electrons. The molecular formula is C31H29F2N7OS. The number of benzene rings is 3. The molecule has 3 heterocycles. The predicted octanol–water partition coefficient (Wildman–Crippen LogP) is 6.70. The molecule has 5 aromatic rings. The van der Waals surface area contributed by atoms with E-state index in [-0.39, 0.29) is 11.9 Å². The normalized spacial score (nSPS) is 16.7. The van der Waals surface area contributed by atoms with Crippen LogP contribution in [0.2, 0.25) is 0 Å². The second-order valence-electron chi connectivity index (χ2n) is 10.0. The van der Waals surface area contributed by atoms with Crippen LogP contribution in [0.25, 0.3) is 22.0 Å². The number of fused-ring (bicyclic) bond motifs is 1. The van der Waals surface area contributed by atoms with Gasteiger partial charge in [-0.05, 0) is 48.2 Å². The van der Waals surface area contributed by atoms with Gasteiger partial charge in [0, 0.05) is 54.5 Å². The van der Waals surface area contributed by atoms with Gasteiger partial charge in [-0.2, -0.15) is 0 Å². The zero-order chi connectivity index (χ0) is 28.9. The van der Waals surface area contributed by atoms with Crippen molar-refractivity contribution in [2.24, 2.45) is 0 Å². The first-order valence-corrected chi connectivity index (χ1v) is 14.6. The third kappa shape index (κ3) is 6.27. The highest BCUT2D eigenvalue weighted by atomic mass is 32.2. The lowest BCUT2D eigenvalue weighted by molar-refractivity contribution is 0.254. The first kappa shape index (κ1) is 27.8. The summed E-state index contributed by atoms with van der Waals surface area (Å²) in [4.78, 5) is 17.6. The van der Waals surface area contributed by atoms with Gasteiger partial charge in [0.25, 0.3) is 0 Å². The number of piperidine rings is 1. The molecule has 1 aliphatic heterocycles. The van der Waals surface area contributed by atoms with E-state index in [1.54, 1.807) is 24.5 Å². The number of anilines is 2. The van der Waals surface area contributed by atoms with Gasteiger partial charge >= 0.3 is 0 Å². The van der Waals surface area contributed by atoms with Crippen LogP contribution in [-0.4, -0.2) is 45.2 Å². The zero-order valence-corrected chi connectivity index (χ0v) is 23.7. The highest BCUT2D eigenvalue weighted by Gasteiger charge is 2.22. The predicted molar refractivity (Wildman–Crippen MR) is 163 cm³/mol. The number of halogens is 2. The molecule has 1 saturated heterocycles. The zero-order valence-electron chi connectivity index (χ0n) is 22.8. The summed E-state index contributed by atoms with van der Waals surface area (Å²) in [6.45, 7) is 2.91. The molecule has 3 N–H and O–H groups in total. The summed E-state index contributed by atoms with van der Waals surface area (Å²) in [5.74, 6) is 1.55. The summed E-state index contributed by atoms with van der Waals surface area (Å²) in [7, 11) is 0. The molecule has 1 fully saturated rings. The first-order chi connectivity index (χ1) is 20.5. The third-order valence-electron chi connectivity index (χ3n) is 6.99. The fourth-order valence-electron chi connectivity index (χ4n) is 4.90. The van der Waals surface area contributed by atoms with Gasteiger partial charge in [0.1, 0.15) is 24.1 Å². The Kier molecular flexibility index (Phi) is 8.38. The number of hydrogen-bond donors (Lipinski definition) is 3. The lowest BCUT2D eigenvalue weighted by Crippen LogP contribution is -2.44. The molecule has 0 spiro atoms. The van der Waals surface area contributed by atoms with Crippen LogP contribution < -0.4 is 20.1 Å². The number of rotatable bonds is 9. The maximum absolute atomic E-state index is 15.0. The van der Waals surface area contributed by atoms with Crippen molar-refractivity contribution in [3.63, 3.8) is 0 Å². The van der Waals surface area contributed by atoms with Crippen LogP contribution in [0, 0.1) is 12.7 Å². The topological polar surface area (TPSA) is 96.9 Å². The first-order valence-electron chi connectivity index (χ1n) is 13.6. The fourth-order valence-corrected chi connectivity index (χ4v) is 5.68. The van der Waals surface area contributed by atoms with Gasteiger partial charge < -0.3 is 20.1 Å². The Hall–Kier alpha value is -4.35. The summed E-state index contributed by atoms with van der Waals surface area (Å²) in [5, 5.41) is 7.71. The third-order valence-corrected chi connectivity index (χ3v) is 7.82. The van der Waals surface area contributed by atoms with Crippen LogP contribution in [-0.2, 0) is 5.75 Å². The molecule has 8 nitrogen and oxygen atoms in total. The molecule has 0 aliphatic carbocycles. The molecule has 214 valence electrons. The molecule has 0 unspecified atom stereocenters. The molecule has 6 rings (SSSR count). The Morgan fingerprint density at radius 1 is 1.02 bits per heavy atom. The summed E-state index contributed by atoms with van der Waals surface area (Å²) < 4.78 is 38.5. The van der Waals surface area contributed by atoms with Crippen molar-refractivity contribution < 1.29 is 13.5 Å². The molecule has 0 bridgehead atoms. The van der Waals surface area contributed by atoms with Gasteiger partial charge in [-0.3, -0.25) is 0 Å². The summed E-state index contributed by atoms with van der Waals surface area (Å²) >= 11 is 1.42. The number of aryl methyl sites for hydroxylation is 1. The van der Waals surface area contributed by atoms with E-state index in [9.17, 15) is 4.39 Å². The maximum atomic E-state index is 15.0. The van der Waals surface area contributed by atoms with Crippen molar-refractivity contribution in [1.82, 2.24) is 25.3 Å². The molecule has 2 aromatic heterocycles. The monoisotopic (exact) mass is 585 g/mol. The summed E-state index contributed by atoms with van der Waals surface area (Å²) in [6, 6.07) is 18.5. The number of nitrogens with zero attached hydrogens (tertiary/aromatic N) is 4. The average Bonchev–Trinajstić information content (AvgIpc) is 3.00. The van der Waals surface area contributed by atoms with E-state index in [4.69, 9.17) is 4.74 Å². The van der Waals surface area contributed by atoms with E-state index in [1.807, 2.05) is 49.4 Å². The average molecular weight is 586 g/mol. The smallest absolute Gasteiger partial charge is 0.231 e. The lowest BCUT2D eigenvalue weighted by atomic mass is 10.0. The van der Waals surface area contributed by atoms with Crippen molar-refractivity contribution in [3.8, 4) is 22.9 Å². The van der Waals surface area contributed by atoms with Crippen LogP contribution in [0.3, 0.4) is 0 Å². The van der Waals surface area contributed by atoms with E-state index < -0.39 is 6.17 Å². The molecule has 42 heavy (non-hydrogen) atoms. The minimum absolute atomic E-state index is 0.126. The maximum Gasteiger partial charge on any atom is 0.231 e. The minimum atomic E-state index is -0.919. The standard InChI is InChI=1S/C31H29F2N7OS/c1-19-7-8-23-24(9-10-26(33)28(23)40-42-17-20-5-3-2-4-6-20)29(19)41-30-25(16-35-18-37-30)27-11-12-36-31(39-27)38-22-13-21(32)14-34-15-22/h2-12,16,18,21-22,34,40H,13-15,17H2,1H3,(H,36,38,39)/t21-,22-/m0/s1. The van der Waals surface area contributed by atoms with Gasteiger partial charge in [-0.1, -0.05) is 42.5 Å². The molecular weight excluding hydrogens is 556 g/mol. The van der Waals surface area contributed by atoms with Crippen LogP contribution in [0.15, 0.2) is 79.4 Å². The van der Waals surface area contributed by atoms with Crippen molar-refractivity contribution in [3.05, 3.63) is 96.3 Å². The number of hydrogen-bond acceptors (Lipinski definition) is 9. The van der Waals surface area contributed by atoms with Gasteiger partial charge in [0.15, 0.2) is 0 Å². The largest absolute Gasteiger partial charge is 0.437 e. The molecule has 1 aliphatic rings. The molecule has 11 heteroatoms. The minimum Gasteiger partial charge on any atom is -0.437 e. The van der Waals surface area contributed by atoms with E-state index in [0.717, 1.165) is 16.5 Å². The quantitative estimate of drug-likeness (QED) is 0.163. The number of aromatic nitrogens is 4. The number of alkyl halides is 1. The van der Waals surface area contributed by atoms with E-state index in [1.165, 1.54) is 24.3 Å². The molecule has 0 saturated carbocycles. The second-order valence-corrected chi connectivity index (χ2v) is 10.8. The van der Waals surface area contributed by atoms with Crippen molar-refractivity contribution in [2.75, 3.05) is 23.1 Å². The van der Waals surface area contributed by atoms with Gasteiger partial charge in [-0.25, -0.2) is 28.7 Å². The molecule has 3 aromatic carbocycles. The van der Waals surface area contributed by atoms with Crippen LogP contribution in [0.1, 0.15) is 17.5 Å². The highest BCUT2D eigenvalue weighted by molar-refractivity contribution is 7.99. The Labute approximate surface area is 246 Å². The van der Waals surface area contributed by atoms with Gasteiger partial charge in [0.2, 0.25) is 11.8 Å². The van der Waals surface area contributed by atoms with Crippen molar-refractivity contribution in [2.45, 2.75) is 31.3 Å². The Morgan fingerprint density at radius 2 is 1.88 bits per heavy atom. The van der Waals surface area contributed by atoms with Crippen LogP contribution >= 0.6 is 11.9 Å². The summed E-state index contributed by atoms with van der Waals surface area (Å²) in [6.07, 6.45) is 4.12. The molecule has 2 atom stereocenters. The van der Waals surface area contributed by atoms with Crippen molar-refractivity contribution in [1.29, 1.82) is 0 Å². The Bertz CT molecular complexity index is 1690. The second kappa shape index (κ2) is 12.7. The lowest BCUT2D eigenvalue weighted by Gasteiger charge is -2.26. The SMILES string of the molecule is Cc1ccc2c(NSCc3ccccc3)c(F)ccc2c1Oc1ncncc1-c1ccnc(N[C@@H]2CNC[C@@H](F)C2)n1.